The maximum Gasteiger partial charge on any atom is 0.130 e. The minimum atomic E-state index is -0.914. The van der Waals surface area contributed by atoms with Gasteiger partial charge in [0.15, 0.2) is 0 Å². The van der Waals surface area contributed by atoms with Crippen LogP contribution in [0, 0.1) is 5.82 Å². The highest BCUT2D eigenvalue weighted by atomic mass is 35.5. The summed E-state index contributed by atoms with van der Waals surface area (Å²) in [6.45, 7) is 4.35. The van der Waals surface area contributed by atoms with Crippen molar-refractivity contribution < 1.29 is 9.50 Å². The van der Waals surface area contributed by atoms with Gasteiger partial charge in [-0.25, -0.2) is 4.39 Å². The summed E-state index contributed by atoms with van der Waals surface area (Å²) in [5.74, 6) is -0.467. The predicted octanol–water partition coefficient (Wildman–Crippen LogP) is 2.90. The first-order valence-corrected chi connectivity index (χ1v) is 5.79. The first-order chi connectivity index (χ1) is 7.56. The molecule has 90 valence electrons. The fourth-order valence-corrected chi connectivity index (χ4v) is 1.68. The Morgan fingerprint density at radius 1 is 1.50 bits per heavy atom. The third kappa shape index (κ3) is 3.44. The fraction of sp³-hybridized carbons (Fsp3) is 0.500. The number of halogens is 2. The molecule has 1 rings (SSSR count). The summed E-state index contributed by atoms with van der Waals surface area (Å²) in [6, 6.07) is 4.69. The van der Waals surface area contributed by atoms with E-state index in [0.29, 0.717) is 12.6 Å². The zero-order valence-corrected chi connectivity index (χ0v) is 10.3. The number of rotatable bonds is 5. The van der Waals surface area contributed by atoms with Crippen molar-refractivity contribution >= 4 is 11.6 Å². The van der Waals surface area contributed by atoms with E-state index in [1.165, 1.54) is 12.1 Å². The van der Waals surface area contributed by atoms with Crippen LogP contribution in [-0.2, 0) is 0 Å². The average Bonchev–Trinajstić information content (AvgIpc) is 2.25. The van der Waals surface area contributed by atoms with Gasteiger partial charge in [0.2, 0.25) is 0 Å². The number of hydrogen-bond acceptors (Lipinski definition) is 2. The Kier molecular flexibility index (Phi) is 5.19. The molecule has 2 atom stereocenters. The second-order valence-corrected chi connectivity index (χ2v) is 4.28. The topological polar surface area (TPSA) is 32.3 Å². The Morgan fingerprint density at radius 3 is 2.75 bits per heavy atom. The number of aliphatic hydroxyl groups is 1. The van der Waals surface area contributed by atoms with Crippen molar-refractivity contribution in [1.29, 1.82) is 0 Å². The molecule has 0 saturated heterocycles. The van der Waals surface area contributed by atoms with Crippen molar-refractivity contribution in [3.05, 3.63) is 34.6 Å². The molecule has 0 saturated carbocycles. The van der Waals surface area contributed by atoms with Crippen molar-refractivity contribution in [2.75, 3.05) is 6.54 Å². The van der Waals surface area contributed by atoms with E-state index in [1.54, 1.807) is 6.07 Å². The fourth-order valence-electron chi connectivity index (χ4n) is 1.39. The quantitative estimate of drug-likeness (QED) is 0.836. The summed E-state index contributed by atoms with van der Waals surface area (Å²) in [5.41, 5.74) is 0.167. The number of nitrogens with one attached hydrogen (secondary N) is 1. The van der Waals surface area contributed by atoms with Gasteiger partial charge in [-0.2, -0.15) is 0 Å². The molecule has 0 aliphatic heterocycles. The average molecular weight is 246 g/mol. The van der Waals surface area contributed by atoms with Crippen LogP contribution in [0.25, 0.3) is 0 Å². The first-order valence-electron chi connectivity index (χ1n) is 5.41. The van der Waals surface area contributed by atoms with Crippen molar-refractivity contribution in [2.45, 2.75) is 32.4 Å². The van der Waals surface area contributed by atoms with Crippen molar-refractivity contribution in [1.82, 2.24) is 5.32 Å². The van der Waals surface area contributed by atoms with Gasteiger partial charge in [0.25, 0.3) is 0 Å². The standard InChI is InChI=1S/C12H17ClFNO/c1-3-8(2)15-7-11(16)12-9(13)5-4-6-10(12)14/h4-6,8,11,15-16H,3,7H2,1-2H3. The lowest BCUT2D eigenvalue weighted by molar-refractivity contribution is 0.166. The minimum absolute atomic E-state index is 0.167. The monoisotopic (exact) mass is 245 g/mol. The zero-order chi connectivity index (χ0) is 12.1. The highest BCUT2D eigenvalue weighted by Gasteiger charge is 2.16. The molecule has 0 aliphatic carbocycles. The van der Waals surface area contributed by atoms with Crippen LogP contribution < -0.4 is 5.32 Å². The van der Waals surface area contributed by atoms with E-state index >= 15 is 0 Å². The predicted molar refractivity (Wildman–Crippen MR) is 64.1 cm³/mol. The summed E-state index contributed by atoms with van der Waals surface area (Å²) < 4.78 is 13.4. The summed E-state index contributed by atoms with van der Waals surface area (Å²) in [4.78, 5) is 0. The van der Waals surface area contributed by atoms with E-state index in [9.17, 15) is 9.50 Å². The van der Waals surface area contributed by atoms with Crippen LogP contribution in [0.5, 0.6) is 0 Å². The largest absolute Gasteiger partial charge is 0.387 e. The number of aliphatic hydroxyl groups excluding tert-OH is 1. The highest BCUT2D eigenvalue weighted by molar-refractivity contribution is 6.31. The van der Waals surface area contributed by atoms with Gasteiger partial charge in [0.1, 0.15) is 5.82 Å². The van der Waals surface area contributed by atoms with E-state index in [0.717, 1.165) is 6.42 Å². The van der Waals surface area contributed by atoms with E-state index in [4.69, 9.17) is 11.6 Å². The molecule has 2 unspecified atom stereocenters. The molecule has 4 heteroatoms. The summed E-state index contributed by atoms with van der Waals surface area (Å²) in [5, 5.41) is 13.2. The van der Waals surface area contributed by atoms with Gasteiger partial charge in [0, 0.05) is 23.2 Å². The molecule has 0 amide bonds. The molecule has 0 aliphatic rings. The lowest BCUT2D eigenvalue weighted by Gasteiger charge is -2.17. The van der Waals surface area contributed by atoms with E-state index in [-0.39, 0.29) is 10.6 Å². The van der Waals surface area contributed by atoms with E-state index in [1.807, 2.05) is 13.8 Å². The molecule has 0 radical (unpaired) electrons. The van der Waals surface area contributed by atoms with Gasteiger partial charge >= 0.3 is 0 Å². The number of hydrogen-bond donors (Lipinski definition) is 2. The molecule has 0 aromatic heterocycles. The van der Waals surface area contributed by atoms with Gasteiger partial charge in [-0.1, -0.05) is 24.6 Å². The molecule has 0 bridgehead atoms. The van der Waals surface area contributed by atoms with Crippen molar-refractivity contribution in [3.63, 3.8) is 0 Å². The Morgan fingerprint density at radius 2 is 2.19 bits per heavy atom. The van der Waals surface area contributed by atoms with Crippen LogP contribution in [0.4, 0.5) is 4.39 Å². The lowest BCUT2D eigenvalue weighted by Crippen LogP contribution is -2.30. The summed E-state index contributed by atoms with van der Waals surface area (Å²) in [6.07, 6.45) is 0.0419. The minimum Gasteiger partial charge on any atom is -0.387 e. The van der Waals surface area contributed by atoms with Gasteiger partial charge in [-0.15, -0.1) is 0 Å². The van der Waals surface area contributed by atoms with Crippen LogP contribution in [0.3, 0.4) is 0 Å². The van der Waals surface area contributed by atoms with Crippen molar-refractivity contribution in [2.24, 2.45) is 0 Å². The first kappa shape index (κ1) is 13.4. The van der Waals surface area contributed by atoms with Crippen LogP contribution in [0.1, 0.15) is 31.9 Å². The molecule has 16 heavy (non-hydrogen) atoms. The molecule has 1 aromatic rings. The van der Waals surface area contributed by atoms with Gasteiger partial charge in [-0.3, -0.25) is 0 Å². The molecular weight excluding hydrogens is 229 g/mol. The smallest absolute Gasteiger partial charge is 0.130 e. The second kappa shape index (κ2) is 6.18. The molecule has 0 heterocycles. The van der Waals surface area contributed by atoms with Gasteiger partial charge < -0.3 is 10.4 Å². The maximum atomic E-state index is 13.4. The SMILES string of the molecule is CCC(C)NCC(O)c1c(F)cccc1Cl. The molecule has 1 aromatic carbocycles. The number of benzene rings is 1. The summed E-state index contributed by atoms with van der Waals surface area (Å²) >= 11 is 5.85. The molecule has 2 N–H and O–H groups in total. The molecule has 0 spiro atoms. The molecule has 0 fully saturated rings. The van der Waals surface area contributed by atoms with E-state index < -0.39 is 11.9 Å². The maximum absolute atomic E-state index is 13.4. The molecule has 2 nitrogen and oxygen atoms in total. The Bertz CT molecular complexity index is 326. The Labute approximate surface area is 100 Å². The Balaban J connectivity index is 2.69. The third-order valence-corrected chi connectivity index (χ3v) is 2.93. The normalized spacial score (nSPS) is 14.8. The lowest BCUT2D eigenvalue weighted by atomic mass is 10.1. The zero-order valence-electron chi connectivity index (χ0n) is 9.50. The van der Waals surface area contributed by atoms with E-state index in [2.05, 4.69) is 5.32 Å². The van der Waals surface area contributed by atoms with Crippen LogP contribution >= 0.6 is 11.6 Å². The van der Waals surface area contributed by atoms with Crippen LogP contribution in [-0.4, -0.2) is 17.7 Å². The highest BCUT2D eigenvalue weighted by Crippen LogP contribution is 2.25. The third-order valence-electron chi connectivity index (χ3n) is 2.60. The Hall–Kier alpha value is -0.640. The summed E-state index contributed by atoms with van der Waals surface area (Å²) in [7, 11) is 0. The van der Waals surface area contributed by atoms with Gasteiger partial charge in [0.05, 0.1) is 6.10 Å². The molecular formula is C12H17ClFNO. The van der Waals surface area contributed by atoms with Crippen LogP contribution in [0.15, 0.2) is 18.2 Å². The second-order valence-electron chi connectivity index (χ2n) is 3.87. The van der Waals surface area contributed by atoms with Crippen molar-refractivity contribution in [3.8, 4) is 0 Å². The van der Waals surface area contributed by atoms with Crippen LogP contribution in [0.2, 0.25) is 5.02 Å². The van der Waals surface area contributed by atoms with Gasteiger partial charge in [-0.05, 0) is 25.5 Å².